The SMILES string of the molecule is c1ccc(-c2nc(-c3cccc4c3sc3ccccc34)cc(-c3cccc4c3sc3ccccc34)n2)cc1. The molecular formula is C34H20N2S2. The molecular weight excluding hydrogens is 501 g/mol. The van der Waals surface area contributed by atoms with Crippen molar-refractivity contribution in [2.24, 2.45) is 0 Å². The summed E-state index contributed by atoms with van der Waals surface area (Å²) in [5, 5.41) is 5.14. The Morgan fingerprint density at radius 1 is 0.421 bits per heavy atom. The highest BCUT2D eigenvalue weighted by Gasteiger charge is 2.17. The fourth-order valence-electron chi connectivity index (χ4n) is 5.34. The molecule has 0 bridgehead atoms. The van der Waals surface area contributed by atoms with Crippen LogP contribution in [-0.4, -0.2) is 9.97 Å². The molecule has 4 heteroatoms. The van der Waals surface area contributed by atoms with E-state index in [0.717, 1.165) is 33.9 Å². The van der Waals surface area contributed by atoms with Crippen molar-refractivity contribution in [2.45, 2.75) is 0 Å². The Morgan fingerprint density at radius 3 is 1.45 bits per heavy atom. The minimum atomic E-state index is 0.745. The topological polar surface area (TPSA) is 25.8 Å². The Hall–Kier alpha value is -4.38. The van der Waals surface area contributed by atoms with Gasteiger partial charge in [0.05, 0.1) is 11.4 Å². The molecule has 3 heterocycles. The smallest absolute Gasteiger partial charge is 0.160 e. The minimum absolute atomic E-state index is 0.745. The van der Waals surface area contributed by atoms with Crippen LogP contribution in [0.3, 0.4) is 0 Å². The van der Waals surface area contributed by atoms with Gasteiger partial charge in [-0.3, -0.25) is 0 Å². The van der Waals surface area contributed by atoms with E-state index in [9.17, 15) is 0 Å². The van der Waals surface area contributed by atoms with Crippen molar-refractivity contribution in [3.63, 3.8) is 0 Å². The van der Waals surface area contributed by atoms with E-state index in [0.29, 0.717) is 0 Å². The maximum absolute atomic E-state index is 5.14. The van der Waals surface area contributed by atoms with E-state index in [2.05, 4.69) is 103 Å². The summed E-state index contributed by atoms with van der Waals surface area (Å²) in [7, 11) is 0. The van der Waals surface area contributed by atoms with Crippen LogP contribution in [0.1, 0.15) is 0 Å². The van der Waals surface area contributed by atoms with Crippen LogP contribution in [0.5, 0.6) is 0 Å². The predicted molar refractivity (Wildman–Crippen MR) is 164 cm³/mol. The molecule has 5 aromatic carbocycles. The number of hydrogen-bond donors (Lipinski definition) is 0. The molecule has 0 saturated carbocycles. The summed E-state index contributed by atoms with van der Waals surface area (Å²) in [6.45, 7) is 0. The van der Waals surface area contributed by atoms with E-state index >= 15 is 0 Å². The Kier molecular flexibility index (Phi) is 4.90. The molecule has 0 unspecified atom stereocenters. The summed E-state index contributed by atoms with van der Waals surface area (Å²) >= 11 is 3.67. The molecule has 0 aliphatic carbocycles. The molecule has 38 heavy (non-hydrogen) atoms. The zero-order valence-electron chi connectivity index (χ0n) is 20.3. The highest BCUT2D eigenvalue weighted by Crippen LogP contribution is 2.42. The first-order valence-corrected chi connectivity index (χ1v) is 14.2. The summed E-state index contributed by atoms with van der Waals surface area (Å²) in [5.41, 5.74) is 5.21. The zero-order valence-corrected chi connectivity index (χ0v) is 21.9. The number of fused-ring (bicyclic) bond motifs is 6. The molecule has 8 aromatic rings. The van der Waals surface area contributed by atoms with Gasteiger partial charge in [0.2, 0.25) is 0 Å². The predicted octanol–water partition coefficient (Wildman–Crippen LogP) is 10.2. The summed E-state index contributed by atoms with van der Waals surface area (Å²) < 4.78 is 5.11. The highest BCUT2D eigenvalue weighted by atomic mass is 32.1. The molecule has 0 amide bonds. The van der Waals surface area contributed by atoms with Crippen molar-refractivity contribution in [2.75, 3.05) is 0 Å². The third kappa shape index (κ3) is 3.38. The second-order valence-electron chi connectivity index (χ2n) is 9.39. The van der Waals surface area contributed by atoms with Crippen LogP contribution in [0.15, 0.2) is 121 Å². The molecule has 0 spiro atoms. The third-order valence-corrected chi connectivity index (χ3v) is 9.56. The van der Waals surface area contributed by atoms with Gasteiger partial charge in [0, 0.05) is 57.0 Å². The van der Waals surface area contributed by atoms with Gasteiger partial charge in [-0.15, -0.1) is 22.7 Å². The van der Waals surface area contributed by atoms with Gasteiger partial charge in [0.1, 0.15) is 0 Å². The Balaban J connectivity index is 1.43. The first-order chi connectivity index (χ1) is 18.8. The van der Waals surface area contributed by atoms with Crippen molar-refractivity contribution < 1.29 is 0 Å². The van der Waals surface area contributed by atoms with E-state index < -0.39 is 0 Å². The van der Waals surface area contributed by atoms with Crippen molar-refractivity contribution in [3.05, 3.63) is 121 Å². The molecule has 3 aromatic heterocycles. The van der Waals surface area contributed by atoms with Crippen LogP contribution in [0, 0.1) is 0 Å². The summed E-state index contributed by atoms with van der Waals surface area (Å²) in [6.07, 6.45) is 0. The lowest BCUT2D eigenvalue weighted by molar-refractivity contribution is 1.19. The molecule has 0 radical (unpaired) electrons. The monoisotopic (exact) mass is 520 g/mol. The average molecular weight is 521 g/mol. The molecule has 0 saturated heterocycles. The number of aromatic nitrogens is 2. The first kappa shape index (κ1) is 21.7. The van der Waals surface area contributed by atoms with Crippen LogP contribution < -0.4 is 0 Å². The molecule has 178 valence electrons. The maximum atomic E-state index is 5.14. The second kappa shape index (κ2) is 8.59. The van der Waals surface area contributed by atoms with Gasteiger partial charge < -0.3 is 0 Å². The number of hydrogen-bond acceptors (Lipinski definition) is 4. The van der Waals surface area contributed by atoms with Gasteiger partial charge >= 0.3 is 0 Å². The second-order valence-corrected chi connectivity index (χ2v) is 11.5. The Bertz CT molecular complexity index is 2010. The van der Waals surface area contributed by atoms with E-state index in [1.54, 1.807) is 0 Å². The van der Waals surface area contributed by atoms with Gasteiger partial charge in [-0.2, -0.15) is 0 Å². The summed E-state index contributed by atoms with van der Waals surface area (Å²) in [4.78, 5) is 10.3. The van der Waals surface area contributed by atoms with Gasteiger partial charge in [0.25, 0.3) is 0 Å². The number of rotatable bonds is 3. The first-order valence-electron chi connectivity index (χ1n) is 12.6. The van der Waals surface area contributed by atoms with E-state index in [1.165, 1.54) is 40.3 Å². The van der Waals surface area contributed by atoms with Crippen molar-refractivity contribution in [1.82, 2.24) is 9.97 Å². The lowest BCUT2D eigenvalue weighted by atomic mass is 10.0. The fourth-order valence-corrected chi connectivity index (χ4v) is 7.79. The molecule has 0 aliphatic rings. The highest BCUT2D eigenvalue weighted by molar-refractivity contribution is 7.26. The van der Waals surface area contributed by atoms with Crippen molar-refractivity contribution in [3.8, 4) is 33.9 Å². The molecule has 0 fully saturated rings. The molecule has 8 rings (SSSR count). The van der Waals surface area contributed by atoms with Gasteiger partial charge in [-0.05, 0) is 18.2 Å². The third-order valence-electron chi connectivity index (χ3n) is 7.12. The minimum Gasteiger partial charge on any atom is -0.228 e. The molecule has 0 N–H and O–H groups in total. The van der Waals surface area contributed by atoms with Gasteiger partial charge in [-0.1, -0.05) is 103 Å². The van der Waals surface area contributed by atoms with Gasteiger partial charge in [-0.25, -0.2) is 9.97 Å². The largest absolute Gasteiger partial charge is 0.228 e. The van der Waals surface area contributed by atoms with Crippen LogP contribution in [0.2, 0.25) is 0 Å². The molecule has 0 aliphatic heterocycles. The van der Waals surface area contributed by atoms with Crippen LogP contribution >= 0.6 is 22.7 Å². The lowest BCUT2D eigenvalue weighted by Crippen LogP contribution is -1.96. The van der Waals surface area contributed by atoms with E-state index in [1.807, 2.05) is 40.9 Å². The Labute approximate surface area is 227 Å². The number of thiophene rings is 2. The molecule has 2 nitrogen and oxygen atoms in total. The number of benzene rings is 5. The van der Waals surface area contributed by atoms with Crippen LogP contribution in [0.25, 0.3) is 74.2 Å². The van der Waals surface area contributed by atoms with Crippen LogP contribution in [-0.2, 0) is 0 Å². The van der Waals surface area contributed by atoms with Gasteiger partial charge in [0.15, 0.2) is 5.82 Å². The van der Waals surface area contributed by atoms with Crippen molar-refractivity contribution >= 4 is 63.0 Å². The maximum Gasteiger partial charge on any atom is 0.160 e. The molecule has 0 atom stereocenters. The number of nitrogens with zero attached hydrogens (tertiary/aromatic N) is 2. The van der Waals surface area contributed by atoms with E-state index in [4.69, 9.17) is 9.97 Å². The standard InChI is InChI=1S/C34H20N2S2/c1-2-10-21(11-3-1)34-35-28(26-16-8-14-24-22-12-4-6-18-30(22)37-32(24)26)20-29(36-34)27-17-9-15-25-23-13-5-7-19-31(23)38-33(25)27/h1-20H. The Morgan fingerprint density at radius 2 is 0.895 bits per heavy atom. The normalized spacial score (nSPS) is 11.7. The summed E-state index contributed by atoms with van der Waals surface area (Å²) in [5.74, 6) is 0.745. The quantitative estimate of drug-likeness (QED) is 0.232. The fraction of sp³-hybridized carbons (Fsp3) is 0. The van der Waals surface area contributed by atoms with E-state index in [-0.39, 0.29) is 0 Å². The lowest BCUT2D eigenvalue weighted by Gasteiger charge is -2.11. The van der Waals surface area contributed by atoms with Crippen LogP contribution in [0.4, 0.5) is 0 Å². The van der Waals surface area contributed by atoms with Crippen molar-refractivity contribution in [1.29, 1.82) is 0 Å². The zero-order chi connectivity index (χ0) is 25.1. The summed E-state index contributed by atoms with van der Waals surface area (Å²) in [6, 6.07) is 42.9. The average Bonchev–Trinajstić information content (AvgIpc) is 3.56.